The Morgan fingerprint density at radius 1 is 1.10 bits per heavy atom. The predicted octanol–water partition coefficient (Wildman–Crippen LogP) is 6.14. The van der Waals surface area contributed by atoms with Gasteiger partial charge < -0.3 is 10.1 Å². The molecule has 2 nitrogen and oxygen atoms in total. The van der Waals surface area contributed by atoms with Crippen LogP contribution >= 0.6 is 55.1 Å². The Kier molecular flexibility index (Phi) is 5.61. The van der Waals surface area contributed by atoms with Crippen LogP contribution in [0.5, 0.6) is 5.75 Å². The van der Waals surface area contributed by atoms with Crippen LogP contribution in [0.25, 0.3) is 0 Å². The number of nitrogens with one attached hydrogen (secondary N) is 1. The van der Waals surface area contributed by atoms with Gasteiger partial charge in [0.05, 0.1) is 17.3 Å². The fourth-order valence-electron chi connectivity index (χ4n) is 1.71. The Morgan fingerprint density at radius 3 is 2.35 bits per heavy atom. The first-order valence-electron chi connectivity index (χ1n) is 5.72. The number of halogens is 4. The first-order chi connectivity index (χ1) is 9.52. The van der Waals surface area contributed by atoms with Crippen LogP contribution < -0.4 is 10.1 Å². The van der Waals surface area contributed by atoms with Gasteiger partial charge in [-0.15, -0.1) is 0 Å². The van der Waals surface area contributed by atoms with E-state index in [1.807, 2.05) is 30.3 Å². The molecule has 2 aromatic carbocycles. The lowest BCUT2D eigenvalue weighted by Crippen LogP contribution is -2.02. The maximum absolute atomic E-state index is 6.15. The second-order valence-corrected chi connectivity index (χ2v) is 6.54. The molecule has 0 bridgehead atoms. The van der Waals surface area contributed by atoms with E-state index < -0.39 is 0 Å². The second kappa shape index (κ2) is 7.03. The van der Waals surface area contributed by atoms with Crippen molar-refractivity contribution in [1.29, 1.82) is 0 Å². The zero-order valence-electron chi connectivity index (χ0n) is 10.5. The molecule has 0 saturated carbocycles. The van der Waals surface area contributed by atoms with E-state index in [-0.39, 0.29) is 0 Å². The number of anilines is 1. The molecule has 0 atom stereocenters. The normalized spacial score (nSPS) is 10.4. The van der Waals surface area contributed by atoms with E-state index in [2.05, 4.69) is 37.2 Å². The molecule has 0 aliphatic rings. The lowest BCUT2D eigenvalue weighted by molar-refractivity contribution is 0.412. The average Bonchev–Trinajstić information content (AvgIpc) is 2.40. The molecule has 6 heteroatoms. The minimum absolute atomic E-state index is 0.530. The Balaban J connectivity index is 2.23. The molecule has 2 rings (SSSR count). The summed E-state index contributed by atoms with van der Waals surface area (Å²) >= 11 is 19.2. The summed E-state index contributed by atoms with van der Waals surface area (Å²) in [4.78, 5) is 0. The fourth-order valence-corrected chi connectivity index (χ4v) is 3.53. The first kappa shape index (κ1) is 16.0. The summed E-state index contributed by atoms with van der Waals surface area (Å²) in [7, 11) is 1.63. The summed E-state index contributed by atoms with van der Waals surface area (Å²) in [6, 6.07) is 9.30. The number of ether oxygens (including phenoxy) is 1. The van der Waals surface area contributed by atoms with Gasteiger partial charge in [0.1, 0.15) is 5.75 Å². The minimum Gasteiger partial charge on any atom is -0.495 e. The Morgan fingerprint density at radius 2 is 1.75 bits per heavy atom. The number of rotatable bonds is 4. The molecule has 0 aromatic heterocycles. The van der Waals surface area contributed by atoms with Crippen LogP contribution in [0.2, 0.25) is 10.0 Å². The number of hydrogen-bond acceptors (Lipinski definition) is 2. The van der Waals surface area contributed by atoms with Gasteiger partial charge in [-0.05, 0) is 50.1 Å². The van der Waals surface area contributed by atoms with Crippen LogP contribution in [-0.2, 0) is 6.54 Å². The molecule has 0 amide bonds. The van der Waals surface area contributed by atoms with Crippen LogP contribution in [0.3, 0.4) is 0 Å². The van der Waals surface area contributed by atoms with Gasteiger partial charge in [-0.25, -0.2) is 0 Å². The summed E-state index contributed by atoms with van der Waals surface area (Å²) in [5.41, 5.74) is 1.77. The molecule has 0 fully saturated rings. The molecule has 0 heterocycles. The number of methoxy groups -OCH3 is 1. The third-order valence-electron chi connectivity index (χ3n) is 2.76. The van der Waals surface area contributed by atoms with Crippen molar-refractivity contribution in [2.75, 3.05) is 12.4 Å². The molecule has 1 N–H and O–H groups in total. The third kappa shape index (κ3) is 3.61. The van der Waals surface area contributed by atoms with Crippen molar-refractivity contribution < 1.29 is 4.74 Å². The molecule has 0 aliphatic heterocycles. The molecule has 0 aliphatic carbocycles. The first-order valence-corrected chi connectivity index (χ1v) is 8.07. The van der Waals surface area contributed by atoms with Crippen molar-refractivity contribution in [3.8, 4) is 5.75 Å². The van der Waals surface area contributed by atoms with Gasteiger partial charge in [0, 0.05) is 32.7 Å². The predicted molar refractivity (Wildman–Crippen MR) is 92.2 cm³/mol. The third-order valence-corrected chi connectivity index (χ3v) is 4.74. The fraction of sp³-hybridized carbons (Fsp3) is 0.143. The molecule has 2 aromatic rings. The van der Waals surface area contributed by atoms with Gasteiger partial charge in [-0.3, -0.25) is 0 Å². The van der Waals surface area contributed by atoms with Crippen LogP contribution in [0.15, 0.2) is 39.3 Å². The van der Waals surface area contributed by atoms with Gasteiger partial charge in [0.15, 0.2) is 0 Å². The highest BCUT2D eigenvalue weighted by Crippen LogP contribution is 2.35. The highest BCUT2D eigenvalue weighted by atomic mass is 79.9. The average molecular weight is 440 g/mol. The van der Waals surface area contributed by atoms with Crippen molar-refractivity contribution >= 4 is 60.7 Å². The maximum atomic E-state index is 6.15. The molecule has 20 heavy (non-hydrogen) atoms. The summed E-state index contributed by atoms with van der Waals surface area (Å²) < 4.78 is 7.09. The van der Waals surface area contributed by atoms with Crippen LogP contribution in [0.4, 0.5) is 5.69 Å². The molecular formula is C14H11Br2Cl2NO. The summed E-state index contributed by atoms with van der Waals surface area (Å²) in [5, 5.41) is 4.58. The zero-order chi connectivity index (χ0) is 14.7. The van der Waals surface area contributed by atoms with E-state index in [9.17, 15) is 0 Å². The smallest absolute Gasteiger partial charge is 0.135 e. The van der Waals surface area contributed by atoms with E-state index in [0.717, 1.165) is 25.9 Å². The highest BCUT2D eigenvalue weighted by molar-refractivity contribution is 9.11. The van der Waals surface area contributed by atoms with Gasteiger partial charge in [0.2, 0.25) is 0 Å². The Bertz CT molecular complexity index is 615. The van der Waals surface area contributed by atoms with E-state index >= 15 is 0 Å². The lowest BCUT2D eigenvalue weighted by Gasteiger charge is -2.13. The second-order valence-electron chi connectivity index (χ2n) is 4.02. The standard InChI is InChI=1S/C14H11Br2Cl2NO/c1-20-14-6-13(9(15)5-10(14)16)19-7-8-11(17)3-2-4-12(8)18/h2-6,19H,7H2,1H3. The summed E-state index contributed by atoms with van der Waals surface area (Å²) in [6.45, 7) is 0.530. The molecule has 106 valence electrons. The minimum atomic E-state index is 0.530. The van der Waals surface area contributed by atoms with E-state index in [0.29, 0.717) is 16.6 Å². The van der Waals surface area contributed by atoms with Gasteiger partial charge >= 0.3 is 0 Å². The molecule has 0 saturated heterocycles. The van der Waals surface area contributed by atoms with Crippen LogP contribution in [0.1, 0.15) is 5.56 Å². The quantitative estimate of drug-likeness (QED) is 0.617. The maximum Gasteiger partial charge on any atom is 0.135 e. The van der Waals surface area contributed by atoms with Crippen molar-refractivity contribution in [3.05, 3.63) is 54.9 Å². The molecule has 0 unspecified atom stereocenters. The van der Waals surface area contributed by atoms with E-state index in [4.69, 9.17) is 27.9 Å². The number of hydrogen-bond donors (Lipinski definition) is 1. The van der Waals surface area contributed by atoms with Crippen molar-refractivity contribution in [3.63, 3.8) is 0 Å². The van der Waals surface area contributed by atoms with E-state index in [1.54, 1.807) is 7.11 Å². The zero-order valence-corrected chi connectivity index (χ0v) is 15.2. The Hall–Kier alpha value is -0.420. The topological polar surface area (TPSA) is 21.3 Å². The largest absolute Gasteiger partial charge is 0.495 e. The lowest BCUT2D eigenvalue weighted by atomic mass is 10.2. The Labute approximate surface area is 144 Å². The van der Waals surface area contributed by atoms with Gasteiger partial charge in [0.25, 0.3) is 0 Å². The van der Waals surface area contributed by atoms with Gasteiger partial charge in [-0.1, -0.05) is 29.3 Å². The van der Waals surface area contributed by atoms with Crippen LogP contribution in [0, 0.1) is 0 Å². The van der Waals surface area contributed by atoms with E-state index in [1.165, 1.54) is 0 Å². The SMILES string of the molecule is COc1cc(NCc2c(Cl)cccc2Cl)c(Br)cc1Br. The summed E-state index contributed by atoms with van der Waals surface area (Å²) in [6.07, 6.45) is 0. The number of benzene rings is 2. The van der Waals surface area contributed by atoms with Crippen molar-refractivity contribution in [2.45, 2.75) is 6.54 Å². The molecule has 0 radical (unpaired) electrons. The highest BCUT2D eigenvalue weighted by Gasteiger charge is 2.09. The van der Waals surface area contributed by atoms with Crippen molar-refractivity contribution in [2.24, 2.45) is 0 Å². The summed E-state index contributed by atoms with van der Waals surface area (Å²) in [5.74, 6) is 0.751. The van der Waals surface area contributed by atoms with Crippen LogP contribution in [-0.4, -0.2) is 7.11 Å². The molecular weight excluding hydrogens is 429 g/mol. The van der Waals surface area contributed by atoms with Gasteiger partial charge in [-0.2, -0.15) is 0 Å². The monoisotopic (exact) mass is 437 g/mol. The molecule has 0 spiro atoms. The van der Waals surface area contributed by atoms with Crippen molar-refractivity contribution in [1.82, 2.24) is 0 Å².